The number of aromatic amines is 1. The Labute approximate surface area is 104 Å². The molecule has 2 aliphatic rings. The van der Waals surface area contributed by atoms with Gasteiger partial charge < -0.3 is 4.90 Å². The molecule has 4 nitrogen and oxygen atoms in total. The van der Waals surface area contributed by atoms with Gasteiger partial charge in [0.25, 0.3) is 0 Å². The molecule has 1 N–H and O–H groups in total. The van der Waals surface area contributed by atoms with Crippen molar-refractivity contribution in [1.29, 1.82) is 0 Å². The number of H-pyrrole nitrogens is 1. The number of nitrogens with one attached hydrogen (secondary N) is 1. The van der Waals surface area contributed by atoms with Gasteiger partial charge >= 0.3 is 0 Å². The Balaban J connectivity index is 1.78. The van der Waals surface area contributed by atoms with Crippen LogP contribution in [0.15, 0.2) is 0 Å². The fourth-order valence-corrected chi connectivity index (χ4v) is 3.65. The van der Waals surface area contributed by atoms with Gasteiger partial charge in [0.15, 0.2) is 3.95 Å². The molecule has 2 aliphatic heterocycles. The Bertz CT molecular complexity index is 413. The van der Waals surface area contributed by atoms with Crippen molar-refractivity contribution in [3.8, 4) is 0 Å². The highest BCUT2D eigenvalue weighted by atomic mass is 32.1. The highest BCUT2D eigenvalue weighted by Crippen LogP contribution is 2.25. The van der Waals surface area contributed by atoms with E-state index < -0.39 is 0 Å². The van der Waals surface area contributed by atoms with Crippen LogP contribution in [0.3, 0.4) is 0 Å². The quantitative estimate of drug-likeness (QED) is 0.778. The summed E-state index contributed by atoms with van der Waals surface area (Å²) in [5, 5.41) is 8.23. The van der Waals surface area contributed by atoms with Gasteiger partial charge in [-0.1, -0.05) is 11.3 Å². The molecule has 2 fully saturated rings. The standard InChI is InChI=1S/C10H16N4S2/c15-10-12-11-9(16-10)14-6-2-5-13-4-1-3-8(13)7-14/h8H,1-7H2,(H,12,15). The SMILES string of the molecule is S=c1[nH]nc(N2CCCN3CCCC3C2)s1. The number of aromatic nitrogens is 2. The first kappa shape index (κ1) is 10.7. The van der Waals surface area contributed by atoms with Crippen molar-refractivity contribution in [3.63, 3.8) is 0 Å². The topological polar surface area (TPSA) is 35.2 Å². The molecule has 3 rings (SSSR count). The lowest BCUT2D eigenvalue weighted by atomic mass is 10.2. The van der Waals surface area contributed by atoms with Crippen LogP contribution in [0.4, 0.5) is 5.13 Å². The molecule has 1 aromatic rings. The first-order chi connectivity index (χ1) is 7.83. The highest BCUT2D eigenvalue weighted by Gasteiger charge is 2.29. The Hall–Kier alpha value is -0.460. The van der Waals surface area contributed by atoms with Crippen molar-refractivity contribution in [2.45, 2.75) is 25.3 Å². The van der Waals surface area contributed by atoms with Crippen molar-refractivity contribution in [1.82, 2.24) is 15.1 Å². The molecule has 6 heteroatoms. The Kier molecular flexibility index (Phi) is 2.95. The van der Waals surface area contributed by atoms with Gasteiger partial charge in [-0.2, -0.15) is 0 Å². The van der Waals surface area contributed by atoms with Gasteiger partial charge in [0, 0.05) is 25.7 Å². The Morgan fingerprint density at radius 3 is 3.00 bits per heavy atom. The molecule has 3 heterocycles. The minimum absolute atomic E-state index is 0.736. The van der Waals surface area contributed by atoms with Crippen LogP contribution in [-0.4, -0.2) is 47.3 Å². The van der Waals surface area contributed by atoms with Gasteiger partial charge in [0.05, 0.1) is 0 Å². The largest absolute Gasteiger partial charge is 0.345 e. The van der Waals surface area contributed by atoms with E-state index >= 15 is 0 Å². The summed E-state index contributed by atoms with van der Waals surface area (Å²) in [5.41, 5.74) is 0. The lowest BCUT2D eigenvalue weighted by Crippen LogP contribution is -2.36. The number of hydrogen-bond acceptors (Lipinski definition) is 5. The zero-order chi connectivity index (χ0) is 11.0. The fraction of sp³-hybridized carbons (Fsp3) is 0.800. The van der Waals surface area contributed by atoms with Crippen LogP contribution in [0.1, 0.15) is 19.3 Å². The van der Waals surface area contributed by atoms with E-state index in [0.717, 1.165) is 28.2 Å². The highest BCUT2D eigenvalue weighted by molar-refractivity contribution is 7.73. The molecule has 1 aromatic heterocycles. The van der Waals surface area contributed by atoms with Gasteiger partial charge in [-0.05, 0) is 38.0 Å². The minimum atomic E-state index is 0.736. The van der Waals surface area contributed by atoms with E-state index in [4.69, 9.17) is 12.2 Å². The predicted molar refractivity (Wildman–Crippen MR) is 68.7 cm³/mol. The third-order valence-electron chi connectivity index (χ3n) is 3.50. The maximum atomic E-state index is 5.09. The molecule has 0 radical (unpaired) electrons. The molecule has 0 amide bonds. The molecule has 0 bridgehead atoms. The van der Waals surface area contributed by atoms with Crippen LogP contribution in [0.5, 0.6) is 0 Å². The minimum Gasteiger partial charge on any atom is -0.345 e. The van der Waals surface area contributed by atoms with Gasteiger partial charge in [-0.3, -0.25) is 10.00 Å². The summed E-state index contributed by atoms with van der Waals surface area (Å²) in [6.45, 7) is 4.77. The average Bonchev–Trinajstić information content (AvgIpc) is 2.83. The summed E-state index contributed by atoms with van der Waals surface area (Å²) < 4.78 is 0.780. The molecule has 1 unspecified atom stereocenters. The summed E-state index contributed by atoms with van der Waals surface area (Å²) in [6.07, 6.45) is 3.93. The van der Waals surface area contributed by atoms with E-state index in [-0.39, 0.29) is 0 Å². The van der Waals surface area contributed by atoms with Crippen molar-refractivity contribution in [3.05, 3.63) is 3.95 Å². The fourth-order valence-electron chi connectivity index (χ4n) is 2.74. The van der Waals surface area contributed by atoms with Gasteiger partial charge in [0.2, 0.25) is 5.13 Å². The molecule has 16 heavy (non-hydrogen) atoms. The second-order valence-corrected chi connectivity index (χ2v) is 6.17. The molecule has 0 spiro atoms. The Morgan fingerprint density at radius 1 is 1.31 bits per heavy atom. The van der Waals surface area contributed by atoms with E-state index in [9.17, 15) is 0 Å². The lowest BCUT2D eigenvalue weighted by molar-refractivity contribution is 0.273. The average molecular weight is 256 g/mol. The summed E-state index contributed by atoms with van der Waals surface area (Å²) in [5.74, 6) is 0. The first-order valence-corrected chi connectivity index (χ1v) is 7.10. The zero-order valence-corrected chi connectivity index (χ0v) is 10.8. The Morgan fingerprint density at radius 2 is 2.19 bits per heavy atom. The van der Waals surface area contributed by atoms with Crippen molar-refractivity contribution in [2.24, 2.45) is 0 Å². The number of rotatable bonds is 1. The van der Waals surface area contributed by atoms with Gasteiger partial charge in [-0.15, -0.1) is 5.10 Å². The molecule has 2 saturated heterocycles. The van der Waals surface area contributed by atoms with Crippen LogP contribution in [0.25, 0.3) is 0 Å². The lowest BCUT2D eigenvalue weighted by Gasteiger charge is -2.24. The maximum Gasteiger partial charge on any atom is 0.206 e. The van der Waals surface area contributed by atoms with Crippen molar-refractivity contribution in [2.75, 3.05) is 31.1 Å². The summed E-state index contributed by atoms with van der Waals surface area (Å²) in [4.78, 5) is 5.03. The molecule has 88 valence electrons. The third-order valence-corrected chi connectivity index (χ3v) is 4.65. The van der Waals surface area contributed by atoms with Gasteiger partial charge in [0.1, 0.15) is 0 Å². The molecule has 1 atom stereocenters. The van der Waals surface area contributed by atoms with Gasteiger partial charge in [-0.25, -0.2) is 0 Å². The molecule has 0 aromatic carbocycles. The summed E-state index contributed by atoms with van der Waals surface area (Å²) >= 11 is 6.69. The van der Waals surface area contributed by atoms with E-state index in [2.05, 4.69) is 20.0 Å². The molecular weight excluding hydrogens is 240 g/mol. The number of fused-ring (bicyclic) bond motifs is 1. The number of anilines is 1. The summed E-state index contributed by atoms with van der Waals surface area (Å²) in [7, 11) is 0. The number of hydrogen-bond donors (Lipinski definition) is 1. The number of nitrogens with zero attached hydrogens (tertiary/aromatic N) is 3. The smallest absolute Gasteiger partial charge is 0.206 e. The van der Waals surface area contributed by atoms with Crippen LogP contribution in [-0.2, 0) is 0 Å². The van der Waals surface area contributed by atoms with Crippen LogP contribution < -0.4 is 4.90 Å². The normalized spacial score (nSPS) is 26.8. The first-order valence-electron chi connectivity index (χ1n) is 5.87. The second kappa shape index (κ2) is 4.43. The monoisotopic (exact) mass is 256 g/mol. The van der Waals surface area contributed by atoms with E-state index in [1.165, 1.54) is 32.4 Å². The third kappa shape index (κ3) is 2.01. The molecular formula is C10H16N4S2. The van der Waals surface area contributed by atoms with E-state index in [1.807, 2.05) is 0 Å². The van der Waals surface area contributed by atoms with Crippen molar-refractivity contribution < 1.29 is 0 Å². The van der Waals surface area contributed by atoms with E-state index in [1.54, 1.807) is 11.3 Å². The maximum absolute atomic E-state index is 5.09. The second-order valence-electron chi connectivity index (χ2n) is 4.53. The predicted octanol–water partition coefficient (Wildman–Crippen LogP) is 1.88. The van der Waals surface area contributed by atoms with E-state index in [0.29, 0.717) is 0 Å². The molecule has 0 aliphatic carbocycles. The zero-order valence-electron chi connectivity index (χ0n) is 9.19. The van der Waals surface area contributed by atoms with Crippen LogP contribution >= 0.6 is 23.6 Å². The molecule has 0 saturated carbocycles. The van der Waals surface area contributed by atoms with Crippen LogP contribution in [0, 0.1) is 3.95 Å². The summed E-state index contributed by atoms with van der Waals surface area (Å²) in [6, 6.07) is 0.736. The van der Waals surface area contributed by atoms with Crippen LogP contribution in [0.2, 0.25) is 0 Å². The van der Waals surface area contributed by atoms with Crippen molar-refractivity contribution >= 4 is 28.7 Å².